The van der Waals surface area contributed by atoms with Crippen LogP contribution in [0.4, 0.5) is 5.82 Å². The molecule has 35 heavy (non-hydrogen) atoms. The normalized spacial score (nSPS) is 19.3. The number of nitrogens with two attached hydrogens (primary N) is 1. The number of fused-ring (bicyclic) bond motifs is 1. The predicted molar refractivity (Wildman–Crippen MR) is 135 cm³/mol. The summed E-state index contributed by atoms with van der Waals surface area (Å²) in [5.41, 5.74) is 8.97. The van der Waals surface area contributed by atoms with Gasteiger partial charge in [-0.3, -0.25) is 9.59 Å². The SMILES string of the molecule is Cc1nnc(N2CCC[C@H](C(=O)N3CCC(C(N)=O)CC3)C2)c2nn(-c3ccc(Cl)cc3)c(C)c12. The minimum atomic E-state index is -0.267. The Kier molecular flexibility index (Phi) is 6.35. The summed E-state index contributed by atoms with van der Waals surface area (Å²) >= 11 is 6.08. The quantitative estimate of drug-likeness (QED) is 0.595. The van der Waals surface area contributed by atoms with Gasteiger partial charge in [0.05, 0.1) is 28.4 Å². The van der Waals surface area contributed by atoms with Crippen molar-refractivity contribution in [3.8, 4) is 5.69 Å². The van der Waals surface area contributed by atoms with Crippen molar-refractivity contribution in [2.24, 2.45) is 17.6 Å². The van der Waals surface area contributed by atoms with Gasteiger partial charge in [0.1, 0.15) is 5.52 Å². The summed E-state index contributed by atoms with van der Waals surface area (Å²) in [6.07, 6.45) is 3.01. The molecule has 0 aliphatic carbocycles. The number of hydrogen-bond acceptors (Lipinski definition) is 6. The molecule has 5 rings (SSSR count). The van der Waals surface area contributed by atoms with Crippen LogP contribution in [0.25, 0.3) is 16.6 Å². The maximum Gasteiger partial charge on any atom is 0.227 e. The number of halogens is 1. The van der Waals surface area contributed by atoms with Crippen LogP contribution in [0, 0.1) is 25.7 Å². The number of likely N-dealkylation sites (tertiary alicyclic amines) is 1. The van der Waals surface area contributed by atoms with Crippen LogP contribution in [0.1, 0.15) is 37.1 Å². The summed E-state index contributed by atoms with van der Waals surface area (Å²) in [4.78, 5) is 28.8. The van der Waals surface area contributed by atoms with Gasteiger partial charge in [-0.25, -0.2) is 4.68 Å². The molecular formula is C25H30ClN7O2. The standard InChI is InChI=1S/C25H30ClN7O2/c1-15-21-16(2)33(20-7-5-19(26)6-8-20)30-22(21)24(29-28-15)32-11-3-4-18(14-32)25(35)31-12-9-17(10-13-31)23(27)34/h5-8,17-18H,3-4,9-14H2,1-2H3,(H2,27,34)/t18-/m0/s1. The first-order chi connectivity index (χ1) is 16.8. The number of anilines is 1. The smallest absolute Gasteiger partial charge is 0.227 e. The monoisotopic (exact) mass is 495 g/mol. The van der Waals surface area contributed by atoms with E-state index in [-0.39, 0.29) is 23.7 Å². The van der Waals surface area contributed by atoms with E-state index in [1.165, 1.54) is 0 Å². The lowest BCUT2D eigenvalue weighted by Crippen LogP contribution is -2.48. The summed E-state index contributed by atoms with van der Waals surface area (Å²) in [6, 6.07) is 7.57. The lowest BCUT2D eigenvalue weighted by molar-refractivity contribution is -0.138. The second kappa shape index (κ2) is 9.45. The van der Waals surface area contributed by atoms with Crippen LogP contribution in [0.5, 0.6) is 0 Å². The zero-order valence-electron chi connectivity index (χ0n) is 20.1. The summed E-state index contributed by atoms with van der Waals surface area (Å²) in [7, 11) is 0. The van der Waals surface area contributed by atoms with Gasteiger partial charge in [0.2, 0.25) is 11.8 Å². The molecule has 2 saturated heterocycles. The van der Waals surface area contributed by atoms with Crippen LogP contribution in [0.2, 0.25) is 5.02 Å². The first-order valence-corrected chi connectivity index (χ1v) is 12.5. The number of carbonyl (C=O) groups excluding carboxylic acids is 2. The maximum absolute atomic E-state index is 13.3. The second-order valence-corrected chi connectivity index (χ2v) is 10.0. The first kappa shape index (κ1) is 23.5. The molecule has 9 nitrogen and oxygen atoms in total. The summed E-state index contributed by atoms with van der Waals surface area (Å²) < 4.78 is 1.90. The van der Waals surface area contributed by atoms with E-state index in [0.29, 0.717) is 43.3 Å². The van der Waals surface area contributed by atoms with Crippen LogP contribution in [-0.4, -0.2) is 62.9 Å². The van der Waals surface area contributed by atoms with E-state index >= 15 is 0 Å². The highest BCUT2D eigenvalue weighted by atomic mass is 35.5. The molecule has 0 radical (unpaired) electrons. The highest BCUT2D eigenvalue weighted by Crippen LogP contribution is 2.32. The fourth-order valence-electron chi connectivity index (χ4n) is 5.37. The minimum absolute atomic E-state index is 0.119. The van der Waals surface area contributed by atoms with Crippen molar-refractivity contribution in [1.29, 1.82) is 0 Å². The van der Waals surface area contributed by atoms with Gasteiger partial charge in [-0.15, -0.1) is 5.10 Å². The molecule has 2 aromatic heterocycles. The van der Waals surface area contributed by atoms with Crippen molar-refractivity contribution in [1.82, 2.24) is 24.9 Å². The van der Waals surface area contributed by atoms with Gasteiger partial charge in [0.25, 0.3) is 0 Å². The van der Waals surface area contributed by atoms with Gasteiger partial charge in [-0.1, -0.05) is 11.6 Å². The molecule has 0 saturated carbocycles. The Hall–Kier alpha value is -3.20. The fraction of sp³-hybridized carbons (Fsp3) is 0.480. The molecule has 2 aliphatic heterocycles. The third kappa shape index (κ3) is 4.45. The Balaban J connectivity index is 1.40. The minimum Gasteiger partial charge on any atom is -0.369 e. The van der Waals surface area contributed by atoms with Crippen LogP contribution < -0.4 is 10.6 Å². The molecule has 1 atom stereocenters. The van der Waals surface area contributed by atoms with Gasteiger partial charge >= 0.3 is 0 Å². The molecular weight excluding hydrogens is 466 g/mol. The molecule has 1 aromatic carbocycles. The maximum atomic E-state index is 13.3. The molecule has 2 N–H and O–H groups in total. The van der Waals surface area contributed by atoms with Gasteiger partial charge < -0.3 is 15.5 Å². The zero-order chi connectivity index (χ0) is 24.7. The Bertz CT molecular complexity index is 1270. The average Bonchev–Trinajstić information content (AvgIpc) is 3.22. The molecule has 2 aliphatic rings. The number of amides is 2. The Morgan fingerprint density at radius 2 is 1.71 bits per heavy atom. The summed E-state index contributed by atoms with van der Waals surface area (Å²) in [5, 5.41) is 15.5. The highest BCUT2D eigenvalue weighted by Gasteiger charge is 2.34. The van der Waals surface area contributed by atoms with E-state index in [1.54, 1.807) is 0 Å². The third-order valence-electron chi connectivity index (χ3n) is 7.34. The number of carbonyl (C=O) groups is 2. The number of aromatic nitrogens is 4. The van der Waals surface area contributed by atoms with Gasteiger partial charge in [0, 0.05) is 37.1 Å². The van der Waals surface area contributed by atoms with E-state index < -0.39 is 0 Å². The van der Waals surface area contributed by atoms with Gasteiger partial charge in [-0.05, 0) is 63.8 Å². The molecule has 3 aromatic rings. The Morgan fingerprint density at radius 1 is 1.00 bits per heavy atom. The summed E-state index contributed by atoms with van der Waals surface area (Å²) in [5.74, 6) is 0.350. The fourth-order valence-corrected chi connectivity index (χ4v) is 5.50. The lowest BCUT2D eigenvalue weighted by Gasteiger charge is -2.37. The Labute approximate surface area is 209 Å². The number of aryl methyl sites for hydroxylation is 2. The molecule has 2 fully saturated rings. The van der Waals surface area contributed by atoms with Crippen LogP contribution in [0.3, 0.4) is 0 Å². The third-order valence-corrected chi connectivity index (χ3v) is 7.59. The number of nitrogens with zero attached hydrogens (tertiary/aromatic N) is 6. The topological polar surface area (TPSA) is 110 Å². The zero-order valence-corrected chi connectivity index (χ0v) is 20.8. The predicted octanol–water partition coefficient (Wildman–Crippen LogP) is 3.03. The average molecular weight is 496 g/mol. The second-order valence-electron chi connectivity index (χ2n) is 9.59. The number of piperidine rings is 2. The molecule has 10 heteroatoms. The molecule has 2 amide bonds. The summed E-state index contributed by atoms with van der Waals surface area (Å²) in [6.45, 7) is 6.52. The van der Waals surface area contributed by atoms with Crippen molar-refractivity contribution >= 4 is 40.1 Å². The van der Waals surface area contributed by atoms with Crippen molar-refractivity contribution in [3.05, 3.63) is 40.7 Å². The number of primary amides is 1. The largest absolute Gasteiger partial charge is 0.369 e. The van der Waals surface area contributed by atoms with Crippen molar-refractivity contribution in [3.63, 3.8) is 0 Å². The van der Waals surface area contributed by atoms with Crippen molar-refractivity contribution in [2.75, 3.05) is 31.1 Å². The van der Waals surface area contributed by atoms with E-state index in [4.69, 9.17) is 22.4 Å². The van der Waals surface area contributed by atoms with Crippen LogP contribution >= 0.6 is 11.6 Å². The van der Waals surface area contributed by atoms with Gasteiger partial charge in [-0.2, -0.15) is 10.2 Å². The van der Waals surface area contributed by atoms with E-state index in [0.717, 1.165) is 47.4 Å². The first-order valence-electron chi connectivity index (χ1n) is 12.1. The van der Waals surface area contributed by atoms with Crippen LogP contribution in [-0.2, 0) is 9.59 Å². The van der Waals surface area contributed by atoms with Crippen molar-refractivity contribution < 1.29 is 9.59 Å². The van der Waals surface area contributed by atoms with E-state index in [1.807, 2.05) is 47.7 Å². The lowest BCUT2D eigenvalue weighted by atomic mass is 9.92. The van der Waals surface area contributed by atoms with Crippen LogP contribution in [0.15, 0.2) is 24.3 Å². The van der Waals surface area contributed by atoms with Gasteiger partial charge in [0.15, 0.2) is 5.82 Å². The highest BCUT2D eigenvalue weighted by molar-refractivity contribution is 6.30. The molecule has 0 spiro atoms. The van der Waals surface area contributed by atoms with E-state index in [9.17, 15) is 9.59 Å². The molecule has 4 heterocycles. The van der Waals surface area contributed by atoms with E-state index in [2.05, 4.69) is 15.1 Å². The molecule has 0 unspecified atom stereocenters. The Morgan fingerprint density at radius 3 is 2.40 bits per heavy atom. The van der Waals surface area contributed by atoms with Crippen molar-refractivity contribution in [2.45, 2.75) is 39.5 Å². The number of hydrogen-bond donors (Lipinski definition) is 1. The number of rotatable bonds is 4. The molecule has 184 valence electrons. The number of benzene rings is 1. The molecule has 0 bridgehead atoms.